The Labute approximate surface area is 177 Å². The van der Waals surface area contributed by atoms with E-state index >= 15 is 0 Å². The number of nitrogens with zero attached hydrogens (tertiary/aromatic N) is 5. The quantitative estimate of drug-likeness (QED) is 0.422. The number of fused-ring (bicyclic) bond motifs is 1. The fraction of sp³-hybridized carbons (Fsp3) is 0.333. The molecular formula is C21H21N5O5. The summed E-state index contributed by atoms with van der Waals surface area (Å²) in [5, 5.41) is 19.0. The zero-order chi connectivity index (χ0) is 22.0. The lowest BCUT2D eigenvalue weighted by molar-refractivity contribution is -0.384. The highest BCUT2D eigenvalue weighted by molar-refractivity contribution is 5.95. The van der Waals surface area contributed by atoms with Crippen LogP contribution in [-0.2, 0) is 22.6 Å². The summed E-state index contributed by atoms with van der Waals surface area (Å²) in [4.78, 5) is 37.0. The summed E-state index contributed by atoms with van der Waals surface area (Å²) < 4.78 is 7.08. The maximum atomic E-state index is 12.6. The summed E-state index contributed by atoms with van der Waals surface area (Å²) >= 11 is 0. The molecule has 0 unspecified atom stereocenters. The van der Waals surface area contributed by atoms with E-state index in [0.717, 1.165) is 24.5 Å². The maximum Gasteiger partial charge on any atom is 0.269 e. The summed E-state index contributed by atoms with van der Waals surface area (Å²) in [5.74, 6) is 0.996. The molecule has 160 valence electrons. The molecule has 31 heavy (non-hydrogen) atoms. The summed E-state index contributed by atoms with van der Waals surface area (Å²) in [6, 6.07) is 9.40. The third-order valence-corrected chi connectivity index (χ3v) is 5.13. The van der Waals surface area contributed by atoms with Gasteiger partial charge < -0.3 is 4.52 Å². The number of Topliss-reactive ketones (excluding diaryl/α,β-unsaturated/α-hetero) is 1. The Hall–Kier alpha value is -3.82. The van der Waals surface area contributed by atoms with Crippen molar-refractivity contribution in [1.82, 2.24) is 14.9 Å². The first-order chi connectivity index (χ1) is 14.9. The summed E-state index contributed by atoms with van der Waals surface area (Å²) in [7, 11) is 0. The van der Waals surface area contributed by atoms with Gasteiger partial charge >= 0.3 is 0 Å². The van der Waals surface area contributed by atoms with E-state index < -0.39 is 4.92 Å². The van der Waals surface area contributed by atoms with Gasteiger partial charge in [0, 0.05) is 55.8 Å². The SMILES string of the molecule is Cc1cc2n(n1)CCCN2C(=O)CCC(=O)Cc1cc(-c2ccc([N+](=O)[O-])cc2)on1. The van der Waals surface area contributed by atoms with Gasteiger partial charge in [-0.1, -0.05) is 5.16 Å². The molecule has 4 rings (SSSR count). The van der Waals surface area contributed by atoms with Crippen molar-refractivity contribution in [3.63, 3.8) is 0 Å². The van der Waals surface area contributed by atoms with Crippen molar-refractivity contribution in [3.8, 4) is 11.3 Å². The monoisotopic (exact) mass is 423 g/mol. The Kier molecular flexibility index (Phi) is 5.61. The molecule has 3 heterocycles. The highest BCUT2D eigenvalue weighted by Gasteiger charge is 2.24. The molecule has 10 heteroatoms. The molecule has 2 aromatic heterocycles. The van der Waals surface area contributed by atoms with E-state index in [1.807, 2.05) is 17.7 Å². The van der Waals surface area contributed by atoms with E-state index in [9.17, 15) is 19.7 Å². The van der Waals surface area contributed by atoms with Gasteiger partial charge in [-0.15, -0.1) is 0 Å². The summed E-state index contributed by atoms with van der Waals surface area (Å²) in [6.45, 7) is 3.30. The molecule has 0 saturated heterocycles. The van der Waals surface area contributed by atoms with Crippen LogP contribution in [0.5, 0.6) is 0 Å². The molecule has 0 bridgehead atoms. The van der Waals surface area contributed by atoms with Crippen LogP contribution < -0.4 is 4.90 Å². The molecule has 1 amide bonds. The Balaban J connectivity index is 1.32. The number of nitro benzene ring substituents is 1. The number of ketones is 1. The summed E-state index contributed by atoms with van der Waals surface area (Å²) in [5.41, 5.74) is 1.93. The fourth-order valence-corrected chi connectivity index (χ4v) is 3.61. The van der Waals surface area contributed by atoms with Crippen LogP contribution in [0.4, 0.5) is 11.5 Å². The number of anilines is 1. The zero-order valence-corrected chi connectivity index (χ0v) is 17.0. The van der Waals surface area contributed by atoms with Gasteiger partial charge in [-0.25, -0.2) is 4.68 Å². The average molecular weight is 423 g/mol. The van der Waals surface area contributed by atoms with E-state index in [2.05, 4.69) is 10.3 Å². The van der Waals surface area contributed by atoms with Gasteiger partial charge in [0.1, 0.15) is 11.6 Å². The van der Waals surface area contributed by atoms with Crippen LogP contribution >= 0.6 is 0 Å². The predicted octanol–water partition coefficient (Wildman–Crippen LogP) is 3.08. The van der Waals surface area contributed by atoms with Crippen LogP contribution in [0.1, 0.15) is 30.7 Å². The smallest absolute Gasteiger partial charge is 0.269 e. The maximum absolute atomic E-state index is 12.6. The van der Waals surface area contributed by atoms with Gasteiger partial charge in [-0.3, -0.25) is 24.6 Å². The minimum Gasteiger partial charge on any atom is -0.356 e. The molecule has 1 aliphatic rings. The first-order valence-electron chi connectivity index (χ1n) is 9.97. The third kappa shape index (κ3) is 4.52. The van der Waals surface area contributed by atoms with E-state index in [0.29, 0.717) is 23.6 Å². The predicted molar refractivity (Wildman–Crippen MR) is 110 cm³/mol. The van der Waals surface area contributed by atoms with E-state index in [-0.39, 0.29) is 36.6 Å². The van der Waals surface area contributed by atoms with Crippen LogP contribution in [0, 0.1) is 17.0 Å². The Morgan fingerprint density at radius 1 is 1.16 bits per heavy atom. The van der Waals surface area contributed by atoms with Crippen LogP contribution in [-0.4, -0.2) is 38.1 Å². The molecule has 0 fully saturated rings. The number of aryl methyl sites for hydroxylation is 2. The van der Waals surface area contributed by atoms with Crippen LogP contribution in [0.3, 0.4) is 0 Å². The average Bonchev–Trinajstić information content (AvgIpc) is 3.37. The van der Waals surface area contributed by atoms with Crippen molar-refractivity contribution in [1.29, 1.82) is 0 Å². The molecular weight excluding hydrogens is 402 g/mol. The van der Waals surface area contributed by atoms with E-state index in [4.69, 9.17) is 4.52 Å². The number of nitro groups is 1. The molecule has 1 aliphatic heterocycles. The van der Waals surface area contributed by atoms with Crippen molar-refractivity contribution in [2.45, 2.75) is 39.2 Å². The Morgan fingerprint density at radius 2 is 1.94 bits per heavy atom. The first-order valence-corrected chi connectivity index (χ1v) is 9.97. The van der Waals surface area contributed by atoms with Gasteiger partial charge in [-0.05, 0) is 25.5 Å². The van der Waals surface area contributed by atoms with Crippen LogP contribution in [0.2, 0.25) is 0 Å². The van der Waals surface area contributed by atoms with Crippen LogP contribution in [0.25, 0.3) is 11.3 Å². The number of benzene rings is 1. The number of hydrogen-bond donors (Lipinski definition) is 0. The largest absolute Gasteiger partial charge is 0.356 e. The van der Waals surface area contributed by atoms with Crippen molar-refractivity contribution < 1.29 is 19.0 Å². The Morgan fingerprint density at radius 3 is 2.68 bits per heavy atom. The minimum absolute atomic E-state index is 0.0183. The molecule has 0 radical (unpaired) electrons. The normalized spacial score (nSPS) is 13.1. The molecule has 3 aromatic rings. The standard InChI is InChI=1S/C21H21N5O5/c1-14-11-20-24(9-2-10-25(20)22-14)21(28)8-7-18(27)12-16-13-19(31-23-16)15-3-5-17(6-4-15)26(29)30/h3-6,11,13H,2,7-10,12H2,1H3. The number of rotatable bonds is 7. The number of carbonyl (C=O) groups is 2. The molecule has 0 atom stereocenters. The second-order valence-electron chi connectivity index (χ2n) is 7.47. The number of non-ortho nitro benzene ring substituents is 1. The second-order valence-corrected chi connectivity index (χ2v) is 7.47. The van der Waals surface area contributed by atoms with Gasteiger partial charge in [-0.2, -0.15) is 5.10 Å². The topological polar surface area (TPSA) is 124 Å². The minimum atomic E-state index is -0.478. The highest BCUT2D eigenvalue weighted by Crippen LogP contribution is 2.24. The molecule has 0 saturated carbocycles. The second kappa shape index (κ2) is 8.50. The van der Waals surface area contributed by atoms with Crippen molar-refractivity contribution in [2.75, 3.05) is 11.4 Å². The molecule has 0 aliphatic carbocycles. The van der Waals surface area contributed by atoms with E-state index in [1.165, 1.54) is 12.1 Å². The molecule has 10 nitrogen and oxygen atoms in total. The fourth-order valence-electron chi connectivity index (χ4n) is 3.61. The molecule has 1 aromatic carbocycles. The first kappa shape index (κ1) is 20.5. The molecule has 0 N–H and O–H groups in total. The van der Waals surface area contributed by atoms with Gasteiger partial charge in [0.2, 0.25) is 5.91 Å². The van der Waals surface area contributed by atoms with Gasteiger partial charge in [0.05, 0.1) is 22.7 Å². The Bertz CT molecular complexity index is 1130. The lowest BCUT2D eigenvalue weighted by Gasteiger charge is -2.27. The van der Waals surface area contributed by atoms with Gasteiger partial charge in [0.25, 0.3) is 5.69 Å². The summed E-state index contributed by atoms with van der Waals surface area (Å²) in [6.07, 6.45) is 1.12. The van der Waals surface area contributed by atoms with Crippen molar-refractivity contribution in [3.05, 3.63) is 57.9 Å². The lowest BCUT2D eigenvalue weighted by atomic mass is 10.1. The zero-order valence-electron chi connectivity index (χ0n) is 17.0. The van der Waals surface area contributed by atoms with E-state index in [1.54, 1.807) is 23.1 Å². The van der Waals surface area contributed by atoms with Gasteiger partial charge in [0.15, 0.2) is 5.76 Å². The van der Waals surface area contributed by atoms with Crippen LogP contribution in [0.15, 0.2) is 40.9 Å². The number of amides is 1. The number of carbonyl (C=O) groups excluding carboxylic acids is 2. The highest BCUT2D eigenvalue weighted by atomic mass is 16.6. The van der Waals surface area contributed by atoms with Crippen molar-refractivity contribution in [2.24, 2.45) is 0 Å². The molecule has 0 spiro atoms. The van der Waals surface area contributed by atoms with Crippen molar-refractivity contribution >= 4 is 23.2 Å². The third-order valence-electron chi connectivity index (χ3n) is 5.13. The lowest BCUT2D eigenvalue weighted by Crippen LogP contribution is -2.37. The number of hydrogen-bond acceptors (Lipinski definition) is 7. The number of aromatic nitrogens is 3.